The van der Waals surface area contributed by atoms with Crippen molar-refractivity contribution in [3.05, 3.63) is 54.1 Å². The number of Topliss-reactive ketones (excluding diaryl/α,β-unsaturated/α-hetero) is 1. The number of benzene rings is 2. The van der Waals surface area contributed by atoms with Crippen LogP contribution in [-0.4, -0.2) is 38.2 Å². The first-order valence-corrected chi connectivity index (χ1v) is 8.82. The van der Waals surface area contributed by atoms with Gasteiger partial charge in [0.15, 0.2) is 17.3 Å². The standard InChI is InChI=1S/C21H23NO5/c1-4-19(23)21(13-15-8-6-5-7-9-15)14-27-20(24)22(21)16-10-11-17(25-2)18(12-16)26-3/h5-12H,4,13-14H2,1-3H3. The zero-order chi connectivity index (χ0) is 19.4. The molecule has 1 aliphatic rings. The summed E-state index contributed by atoms with van der Waals surface area (Å²) in [6, 6.07) is 14.8. The van der Waals surface area contributed by atoms with Crippen molar-refractivity contribution in [2.45, 2.75) is 25.3 Å². The Bertz CT molecular complexity index is 836. The average Bonchev–Trinajstić information content (AvgIpc) is 3.04. The van der Waals surface area contributed by atoms with Crippen LogP contribution in [0.3, 0.4) is 0 Å². The molecule has 0 spiro atoms. The lowest BCUT2D eigenvalue weighted by atomic mass is 9.84. The van der Waals surface area contributed by atoms with Gasteiger partial charge in [0, 0.05) is 18.9 Å². The summed E-state index contributed by atoms with van der Waals surface area (Å²) < 4.78 is 16.0. The zero-order valence-corrected chi connectivity index (χ0v) is 15.7. The van der Waals surface area contributed by atoms with Crippen molar-refractivity contribution in [2.24, 2.45) is 0 Å². The molecule has 1 saturated heterocycles. The van der Waals surface area contributed by atoms with Gasteiger partial charge in [0.25, 0.3) is 0 Å². The number of cyclic esters (lactones) is 1. The summed E-state index contributed by atoms with van der Waals surface area (Å²) >= 11 is 0. The second kappa shape index (κ2) is 7.70. The number of nitrogens with zero attached hydrogens (tertiary/aromatic N) is 1. The van der Waals surface area contributed by atoms with Crippen LogP contribution in [0.25, 0.3) is 0 Å². The Balaban J connectivity index is 2.09. The summed E-state index contributed by atoms with van der Waals surface area (Å²) in [5, 5.41) is 0. The first kappa shape index (κ1) is 18.8. The third-order valence-corrected chi connectivity index (χ3v) is 4.85. The monoisotopic (exact) mass is 369 g/mol. The minimum Gasteiger partial charge on any atom is -0.493 e. The first-order chi connectivity index (χ1) is 13.1. The summed E-state index contributed by atoms with van der Waals surface area (Å²) in [5.41, 5.74) is 0.406. The lowest BCUT2D eigenvalue weighted by molar-refractivity contribution is -0.123. The van der Waals surface area contributed by atoms with Gasteiger partial charge in [-0.05, 0) is 17.7 Å². The predicted octanol–water partition coefficient (Wildman–Crippen LogP) is 3.62. The molecule has 2 aromatic carbocycles. The quantitative estimate of drug-likeness (QED) is 0.746. The van der Waals surface area contributed by atoms with E-state index in [0.717, 1.165) is 5.56 Å². The zero-order valence-electron chi connectivity index (χ0n) is 15.7. The third kappa shape index (κ3) is 3.35. The fourth-order valence-electron chi connectivity index (χ4n) is 3.50. The summed E-state index contributed by atoms with van der Waals surface area (Å²) in [4.78, 5) is 27.1. The molecule has 0 N–H and O–H groups in total. The molecule has 2 aromatic rings. The number of rotatable bonds is 7. The van der Waals surface area contributed by atoms with Crippen LogP contribution in [0.2, 0.25) is 0 Å². The van der Waals surface area contributed by atoms with Gasteiger partial charge in [0.05, 0.1) is 19.9 Å². The van der Waals surface area contributed by atoms with E-state index in [1.807, 2.05) is 30.3 Å². The molecule has 0 bridgehead atoms. The Morgan fingerprint density at radius 1 is 1.11 bits per heavy atom. The van der Waals surface area contributed by atoms with Gasteiger partial charge < -0.3 is 14.2 Å². The number of anilines is 1. The minimum atomic E-state index is -1.09. The second-order valence-electron chi connectivity index (χ2n) is 6.40. The molecular weight excluding hydrogens is 346 g/mol. The van der Waals surface area contributed by atoms with Crippen LogP contribution in [0, 0.1) is 0 Å². The topological polar surface area (TPSA) is 65.1 Å². The lowest BCUT2D eigenvalue weighted by Gasteiger charge is -2.34. The molecule has 6 nitrogen and oxygen atoms in total. The molecule has 1 fully saturated rings. The van der Waals surface area contributed by atoms with Crippen LogP contribution in [0.5, 0.6) is 11.5 Å². The molecule has 0 aliphatic carbocycles. The summed E-state index contributed by atoms with van der Waals surface area (Å²) in [6.45, 7) is 1.81. The number of hydrogen-bond donors (Lipinski definition) is 0. The maximum absolute atomic E-state index is 13.0. The van der Waals surface area contributed by atoms with Gasteiger partial charge in [-0.1, -0.05) is 37.3 Å². The lowest BCUT2D eigenvalue weighted by Crippen LogP contribution is -2.55. The van der Waals surface area contributed by atoms with Gasteiger partial charge in [-0.15, -0.1) is 0 Å². The summed E-state index contributed by atoms with van der Waals surface area (Å²) in [6.07, 6.45) is 0.133. The second-order valence-corrected chi connectivity index (χ2v) is 6.40. The molecule has 142 valence electrons. The van der Waals surface area contributed by atoms with E-state index in [0.29, 0.717) is 30.0 Å². The average molecular weight is 369 g/mol. The molecule has 0 radical (unpaired) electrons. The van der Waals surface area contributed by atoms with Crippen LogP contribution in [-0.2, 0) is 16.0 Å². The van der Waals surface area contributed by atoms with Crippen LogP contribution in [0.4, 0.5) is 10.5 Å². The van der Waals surface area contributed by atoms with Crippen molar-refractivity contribution in [3.8, 4) is 11.5 Å². The largest absolute Gasteiger partial charge is 0.493 e. The van der Waals surface area contributed by atoms with Crippen molar-refractivity contribution < 1.29 is 23.8 Å². The predicted molar refractivity (Wildman–Crippen MR) is 102 cm³/mol. The number of ether oxygens (including phenoxy) is 3. The number of ketones is 1. The van der Waals surface area contributed by atoms with Crippen molar-refractivity contribution in [3.63, 3.8) is 0 Å². The maximum Gasteiger partial charge on any atom is 0.415 e. The number of carbonyl (C=O) groups is 2. The van der Waals surface area contributed by atoms with E-state index in [1.165, 1.54) is 12.0 Å². The maximum atomic E-state index is 13.0. The smallest absolute Gasteiger partial charge is 0.415 e. The molecular formula is C21H23NO5. The number of hydrogen-bond acceptors (Lipinski definition) is 5. The molecule has 6 heteroatoms. The van der Waals surface area contributed by atoms with Gasteiger partial charge in [-0.25, -0.2) is 4.79 Å². The van der Waals surface area contributed by atoms with Gasteiger partial charge in [0.2, 0.25) is 0 Å². The Labute approximate surface area is 158 Å². The highest BCUT2D eigenvalue weighted by Gasteiger charge is 2.53. The fraction of sp³-hybridized carbons (Fsp3) is 0.333. The van der Waals surface area contributed by atoms with E-state index in [1.54, 1.807) is 32.2 Å². The van der Waals surface area contributed by atoms with Crippen LogP contribution in [0.15, 0.2) is 48.5 Å². The van der Waals surface area contributed by atoms with Gasteiger partial charge in [-0.3, -0.25) is 9.69 Å². The van der Waals surface area contributed by atoms with Crippen LogP contribution >= 0.6 is 0 Å². The van der Waals surface area contributed by atoms with E-state index in [4.69, 9.17) is 14.2 Å². The Morgan fingerprint density at radius 2 is 1.81 bits per heavy atom. The van der Waals surface area contributed by atoms with E-state index in [-0.39, 0.29) is 12.4 Å². The Kier molecular flexibility index (Phi) is 5.35. The van der Waals surface area contributed by atoms with Crippen LogP contribution in [0.1, 0.15) is 18.9 Å². The molecule has 1 unspecified atom stereocenters. The molecule has 0 aromatic heterocycles. The third-order valence-electron chi connectivity index (χ3n) is 4.85. The fourth-order valence-corrected chi connectivity index (χ4v) is 3.50. The SMILES string of the molecule is CCC(=O)C1(Cc2ccccc2)COC(=O)N1c1ccc(OC)c(OC)c1. The number of carbonyl (C=O) groups excluding carboxylic acids is 2. The molecule has 1 amide bonds. The summed E-state index contributed by atoms with van der Waals surface area (Å²) in [7, 11) is 3.07. The van der Waals surface area contributed by atoms with E-state index < -0.39 is 11.6 Å². The van der Waals surface area contributed by atoms with Crippen LogP contribution < -0.4 is 14.4 Å². The molecule has 1 heterocycles. The molecule has 1 atom stereocenters. The van der Waals surface area contributed by atoms with Crippen molar-refractivity contribution >= 4 is 17.6 Å². The molecule has 27 heavy (non-hydrogen) atoms. The van der Waals surface area contributed by atoms with Gasteiger partial charge in [-0.2, -0.15) is 0 Å². The molecule has 0 saturated carbocycles. The van der Waals surface area contributed by atoms with E-state index in [9.17, 15) is 9.59 Å². The summed E-state index contributed by atoms with van der Waals surface area (Å²) in [5.74, 6) is 0.975. The highest BCUT2D eigenvalue weighted by molar-refractivity contribution is 6.04. The number of amides is 1. The normalized spacial score (nSPS) is 18.9. The van der Waals surface area contributed by atoms with Gasteiger partial charge >= 0.3 is 6.09 Å². The van der Waals surface area contributed by atoms with E-state index in [2.05, 4.69) is 0 Å². The highest BCUT2D eigenvalue weighted by atomic mass is 16.6. The van der Waals surface area contributed by atoms with Crippen molar-refractivity contribution in [1.82, 2.24) is 0 Å². The van der Waals surface area contributed by atoms with Crippen molar-refractivity contribution in [1.29, 1.82) is 0 Å². The minimum absolute atomic E-state index is 0.0156. The van der Waals surface area contributed by atoms with E-state index >= 15 is 0 Å². The molecule has 1 aliphatic heterocycles. The highest BCUT2D eigenvalue weighted by Crippen LogP contribution is 2.39. The number of methoxy groups -OCH3 is 2. The Hall–Kier alpha value is -3.02. The first-order valence-electron chi connectivity index (χ1n) is 8.82. The van der Waals surface area contributed by atoms with Crippen molar-refractivity contribution in [2.75, 3.05) is 25.7 Å². The molecule has 3 rings (SSSR count). The Morgan fingerprint density at radius 3 is 2.44 bits per heavy atom. The van der Waals surface area contributed by atoms with Gasteiger partial charge in [0.1, 0.15) is 12.1 Å².